The molecule has 0 saturated heterocycles. The maximum Gasteiger partial charge on any atom is 0.197 e. The first-order valence-corrected chi connectivity index (χ1v) is 11.6. The van der Waals surface area contributed by atoms with Gasteiger partial charge in [0.2, 0.25) is 0 Å². The molecule has 5 nitrogen and oxygen atoms in total. The molecule has 0 bridgehead atoms. The molecule has 3 aromatic heterocycles. The van der Waals surface area contributed by atoms with Gasteiger partial charge in [0.05, 0.1) is 12.8 Å². The first-order chi connectivity index (χ1) is 15.1. The van der Waals surface area contributed by atoms with Crippen molar-refractivity contribution in [2.75, 3.05) is 7.11 Å². The van der Waals surface area contributed by atoms with Crippen molar-refractivity contribution < 1.29 is 4.74 Å². The summed E-state index contributed by atoms with van der Waals surface area (Å²) in [5.41, 5.74) is 7.01. The molecule has 0 spiro atoms. The number of aromatic nitrogens is 4. The van der Waals surface area contributed by atoms with E-state index in [2.05, 4.69) is 60.1 Å². The Morgan fingerprint density at radius 1 is 1.16 bits per heavy atom. The zero-order valence-corrected chi connectivity index (χ0v) is 19.0. The highest BCUT2D eigenvalue weighted by molar-refractivity contribution is 5.92. The Balaban J connectivity index is 1.60. The largest absolute Gasteiger partial charge is 0.493 e. The average molecular weight is 417 g/mol. The third-order valence-corrected chi connectivity index (χ3v) is 7.19. The Labute approximate surface area is 183 Å². The van der Waals surface area contributed by atoms with Crippen LogP contribution in [-0.4, -0.2) is 26.7 Å². The number of hydrogen-bond donors (Lipinski definition) is 1. The molecular formula is C26H32N4O. The van der Waals surface area contributed by atoms with Gasteiger partial charge in [-0.05, 0) is 72.8 Å². The Bertz CT molecular complexity index is 1210. The first-order valence-electron chi connectivity index (χ1n) is 11.6. The molecule has 31 heavy (non-hydrogen) atoms. The van der Waals surface area contributed by atoms with Gasteiger partial charge in [0.25, 0.3) is 0 Å². The van der Waals surface area contributed by atoms with Crippen molar-refractivity contribution in [2.45, 2.75) is 64.7 Å². The van der Waals surface area contributed by atoms with Gasteiger partial charge in [0, 0.05) is 22.7 Å². The Morgan fingerprint density at radius 2 is 1.97 bits per heavy atom. The van der Waals surface area contributed by atoms with Gasteiger partial charge in [-0.2, -0.15) is 5.10 Å². The Hall–Kier alpha value is -2.82. The Kier molecular flexibility index (Phi) is 5.20. The molecule has 162 valence electrons. The van der Waals surface area contributed by atoms with Crippen LogP contribution in [0.1, 0.15) is 75.8 Å². The molecule has 5 heteroatoms. The van der Waals surface area contributed by atoms with Crippen LogP contribution in [0, 0.1) is 5.92 Å². The van der Waals surface area contributed by atoms with Gasteiger partial charge in [-0.15, -0.1) is 0 Å². The van der Waals surface area contributed by atoms with Crippen LogP contribution in [0.4, 0.5) is 0 Å². The molecule has 0 radical (unpaired) electrons. The van der Waals surface area contributed by atoms with Gasteiger partial charge in [-0.3, -0.25) is 0 Å². The van der Waals surface area contributed by atoms with E-state index in [9.17, 15) is 0 Å². The number of fused-ring (bicyclic) bond motifs is 2. The van der Waals surface area contributed by atoms with E-state index in [1.807, 2.05) is 6.20 Å². The van der Waals surface area contributed by atoms with Crippen molar-refractivity contribution in [1.29, 1.82) is 0 Å². The summed E-state index contributed by atoms with van der Waals surface area (Å²) in [7, 11) is 1.68. The number of nitrogens with one attached hydrogen (secondary N) is 1. The zero-order valence-electron chi connectivity index (χ0n) is 19.0. The van der Waals surface area contributed by atoms with E-state index in [0.29, 0.717) is 11.8 Å². The van der Waals surface area contributed by atoms with Crippen LogP contribution in [-0.2, 0) is 0 Å². The van der Waals surface area contributed by atoms with Gasteiger partial charge in [0.1, 0.15) is 6.33 Å². The third-order valence-electron chi connectivity index (χ3n) is 7.19. The predicted molar refractivity (Wildman–Crippen MR) is 126 cm³/mol. The van der Waals surface area contributed by atoms with Gasteiger partial charge in [-0.25, -0.2) is 9.50 Å². The van der Waals surface area contributed by atoms with Crippen LogP contribution in [0.5, 0.6) is 5.75 Å². The highest BCUT2D eigenvalue weighted by atomic mass is 16.5. The predicted octanol–water partition coefficient (Wildman–Crippen LogP) is 6.69. The number of H-pyrrole nitrogens is 1. The van der Waals surface area contributed by atoms with Crippen LogP contribution in [0.3, 0.4) is 0 Å². The Morgan fingerprint density at radius 3 is 2.68 bits per heavy atom. The lowest BCUT2D eigenvalue weighted by Crippen LogP contribution is -2.12. The molecule has 0 aliphatic heterocycles. The summed E-state index contributed by atoms with van der Waals surface area (Å²) in [5, 5.41) is 5.69. The average Bonchev–Trinajstić information content (AvgIpc) is 3.42. The number of pyridine rings is 1. The molecule has 0 amide bonds. The fraction of sp³-hybridized carbons (Fsp3) is 0.462. The molecule has 1 aromatic carbocycles. The number of nitrogens with zero attached hydrogens (tertiary/aromatic N) is 3. The summed E-state index contributed by atoms with van der Waals surface area (Å²) in [6, 6.07) is 9.13. The van der Waals surface area contributed by atoms with Crippen molar-refractivity contribution in [1.82, 2.24) is 19.6 Å². The SMILES string of the molecule is CCC1CCC(c2ccc3[nH]c(-c4cc(OC)c5ncnn5c4)c(C(C)C)c3c2)CC1. The summed E-state index contributed by atoms with van der Waals surface area (Å²) in [4.78, 5) is 8.02. The minimum atomic E-state index is 0.396. The van der Waals surface area contributed by atoms with E-state index in [-0.39, 0.29) is 0 Å². The van der Waals surface area contributed by atoms with Crippen LogP contribution < -0.4 is 4.74 Å². The fourth-order valence-electron chi connectivity index (χ4n) is 5.40. The van der Waals surface area contributed by atoms with Crippen molar-refractivity contribution >= 4 is 16.6 Å². The standard InChI is InChI=1S/C26H32N4O/c1-5-17-6-8-18(9-7-17)19-10-11-22-21(12-19)24(16(2)3)25(29-22)20-13-23(31-4)26-27-15-28-30(26)14-20/h10-18,29H,5-9H2,1-4H3. The second kappa shape index (κ2) is 8.03. The smallest absolute Gasteiger partial charge is 0.197 e. The number of ether oxygens (including phenoxy) is 1. The van der Waals surface area contributed by atoms with Crippen LogP contribution in [0.25, 0.3) is 27.8 Å². The summed E-state index contributed by atoms with van der Waals surface area (Å²) < 4.78 is 7.39. The third kappa shape index (κ3) is 3.50. The molecule has 1 aliphatic carbocycles. The summed E-state index contributed by atoms with van der Waals surface area (Å²) in [6.45, 7) is 6.88. The lowest BCUT2D eigenvalue weighted by molar-refractivity contribution is 0.319. The van der Waals surface area contributed by atoms with Crippen LogP contribution in [0.2, 0.25) is 0 Å². The monoisotopic (exact) mass is 416 g/mol. The lowest BCUT2D eigenvalue weighted by Gasteiger charge is -2.28. The quantitative estimate of drug-likeness (QED) is 0.394. The maximum atomic E-state index is 5.60. The molecule has 4 aromatic rings. The van der Waals surface area contributed by atoms with E-state index in [4.69, 9.17) is 4.74 Å². The minimum absolute atomic E-state index is 0.396. The first kappa shape index (κ1) is 20.1. The molecule has 0 atom stereocenters. The summed E-state index contributed by atoms with van der Waals surface area (Å²) >= 11 is 0. The van der Waals surface area contributed by atoms with E-state index in [1.165, 1.54) is 54.1 Å². The second-order valence-corrected chi connectivity index (χ2v) is 9.32. The normalized spacial score (nSPS) is 19.5. The van der Waals surface area contributed by atoms with E-state index < -0.39 is 0 Å². The molecular weight excluding hydrogens is 384 g/mol. The molecule has 1 aliphatic rings. The minimum Gasteiger partial charge on any atom is -0.493 e. The van der Waals surface area contributed by atoms with Gasteiger partial charge < -0.3 is 9.72 Å². The van der Waals surface area contributed by atoms with Crippen molar-refractivity contribution in [3.05, 3.63) is 47.9 Å². The van der Waals surface area contributed by atoms with Crippen molar-refractivity contribution in [3.63, 3.8) is 0 Å². The number of rotatable bonds is 5. The van der Waals surface area contributed by atoms with Crippen LogP contribution >= 0.6 is 0 Å². The zero-order chi connectivity index (χ0) is 21.5. The number of hydrogen-bond acceptors (Lipinski definition) is 3. The molecule has 1 saturated carbocycles. The molecule has 5 rings (SSSR count). The van der Waals surface area contributed by atoms with E-state index in [0.717, 1.165) is 28.6 Å². The van der Waals surface area contributed by atoms with Gasteiger partial charge in [0.15, 0.2) is 11.4 Å². The van der Waals surface area contributed by atoms with Crippen molar-refractivity contribution in [3.8, 4) is 17.0 Å². The molecule has 0 unspecified atom stereocenters. The maximum absolute atomic E-state index is 5.60. The number of aromatic amines is 1. The highest BCUT2D eigenvalue weighted by Crippen LogP contribution is 2.41. The lowest BCUT2D eigenvalue weighted by atomic mass is 9.77. The van der Waals surface area contributed by atoms with Crippen LogP contribution in [0.15, 0.2) is 36.8 Å². The topological polar surface area (TPSA) is 55.2 Å². The molecule has 1 fully saturated rings. The second-order valence-electron chi connectivity index (χ2n) is 9.32. The summed E-state index contributed by atoms with van der Waals surface area (Å²) in [6.07, 6.45) is 10.3. The highest BCUT2D eigenvalue weighted by Gasteiger charge is 2.23. The fourth-order valence-corrected chi connectivity index (χ4v) is 5.40. The van der Waals surface area contributed by atoms with Gasteiger partial charge >= 0.3 is 0 Å². The van der Waals surface area contributed by atoms with E-state index >= 15 is 0 Å². The molecule has 3 heterocycles. The summed E-state index contributed by atoms with van der Waals surface area (Å²) in [5.74, 6) is 2.74. The van der Waals surface area contributed by atoms with Gasteiger partial charge in [-0.1, -0.05) is 33.3 Å². The molecule has 1 N–H and O–H groups in total. The number of benzene rings is 1. The van der Waals surface area contributed by atoms with Crippen molar-refractivity contribution in [2.24, 2.45) is 5.92 Å². The number of methoxy groups -OCH3 is 1. The van der Waals surface area contributed by atoms with E-state index in [1.54, 1.807) is 18.0 Å².